The molecule has 0 aliphatic heterocycles. The first-order valence-corrected chi connectivity index (χ1v) is 5.38. The zero-order chi connectivity index (χ0) is 10.6. The molecular weight excluding hydrogens is 267 g/mol. The van der Waals surface area contributed by atoms with Crippen LogP contribution in [0, 0.1) is 0 Å². The Balaban J connectivity index is 2.83. The number of ether oxygens (including phenoxy) is 1. The fraction of sp³-hybridized carbons (Fsp3) is 0.300. The van der Waals surface area contributed by atoms with Crippen molar-refractivity contribution in [2.24, 2.45) is 0 Å². The first kappa shape index (κ1) is 11.7. The maximum Gasteiger partial charge on any atom is 0.189 e. The summed E-state index contributed by atoms with van der Waals surface area (Å²) in [5.41, 5.74) is 0.561. The second-order valence-corrected chi connectivity index (χ2v) is 3.98. The molecule has 0 aliphatic rings. The lowest BCUT2D eigenvalue weighted by Crippen LogP contribution is -2.09. The van der Waals surface area contributed by atoms with Crippen molar-refractivity contribution in [1.82, 2.24) is 0 Å². The lowest BCUT2D eigenvalue weighted by molar-refractivity contribution is 0.0782. The van der Waals surface area contributed by atoms with Gasteiger partial charge in [0.25, 0.3) is 0 Å². The van der Waals surface area contributed by atoms with Crippen molar-refractivity contribution in [2.45, 2.75) is 6.92 Å². The van der Waals surface area contributed by atoms with E-state index in [-0.39, 0.29) is 12.4 Å². The summed E-state index contributed by atoms with van der Waals surface area (Å²) < 4.78 is 5.77. The fourth-order valence-electron chi connectivity index (χ4n) is 0.984. The Bertz CT molecular complexity index is 339. The van der Waals surface area contributed by atoms with E-state index in [9.17, 15) is 4.79 Å². The largest absolute Gasteiger partial charge is 0.374 e. The van der Waals surface area contributed by atoms with Gasteiger partial charge in [0, 0.05) is 21.7 Å². The molecule has 0 amide bonds. The van der Waals surface area contributed by atoms with Crippen LogP contribution in [0.3, 0.4) is 0 Å². The summed E-state index contributed by atoms with van der Waals surface area (Å²) in [5, 5.41) is 0.549. The van der Waals surface area contributed by atoms with Gasteiger partial charge in [-0.2, -0.15) is 0 Å². The van der Waals surface area contributed by atoms with Crippen LogP contribution in [0.5, 0.6) is 0 Å². The zero-order valence-corrected chi connectivity index (χ0v) is 10.1. The predicted octanol–water partition coefficient (Wildman–Crippen LogP) is 3.32. The molecule has 0 spiro atoms. The third-order valence-electron chi connectivity index (χ3n) is 1.67. The highest BCUT2D eigenvalue weighted by Crippen LogP contribution is 2.21. The average molecular weight is 278 g/mol. The van der Waals surface area contributed by atoms with Gasteiger partial charge in [-0.3, -0.25) is 4.79 Å². The van der Waals surface area contributed by atoms with Crippen molar-refractivity contribution in [3.8, 4) is 0 Å². The quantitative estimate of drug-likeness (QED) is 0.789. The molecule has 1 rings (SSSR count). The van der Waals surface area contributed by atoms with Crippen molar-refractivity contribution in [2.75, 3.05) is 13.2 Å². The molecule has 0 atom stereocenters. The average Bonchev–Trinajstić information content (AvgIpc) is 2.18. The summed E-state index contributed by atoms with van der Waals surface area (Å²) in [6, 6.07) is 5.11. The summed E-state index contributed by atoms with van der Waals surface area (Å²) in [6.45, 7) is 2.47. The van der Waals surface area contributed by atoms with Crippen LogP contribution < -0.4 is 0 Å². The lowest BCUT2D eigenvalue weighted by atomic mass is 10.1. The summed E-state index contributed by atoms with van der Waals surface area (Å²) in [5.74, 6) is -0.0683. The van der Waals surface area contributed by atoms with Gasteiger partial charge in [-0.05, 0) is 25.1 Å². The van der Waals surface area contributed by atoms with Crippen LogP contribution in [0.1, 0.15) is 17.3 Å². The highest BCUT2D eigenvalue weighted by Gasteiger charge is 2.10. The van der Waals surface area contributed by atoms with Crippen LogP contribution in [0.25, 0.3) is 0 Å². The van der Waals surface area contributed by atoms with E-state index < -0.39 is 0 Å². The third-order valence-corrected chi connectivity index (χ3v) is 2.59. The van der Waals surface area contributed by atoms with E-state index in [0.29, 0.717) is 17.2 Å². The normalized spacial score (nSPS) is 10.2. The number of benzene rings is 1. The molecule has 0 aromatic heterocycles. The van der Waals surface area contributed by atoms with Crippen LogP contribution in [-0.2, 0) is 4.74 Å². The van der Waals surface area contributed by atoms with E-state index in [0.717, 1.165) is 4.47 Å². The Hall–Kier alpha value is -0.380. The van der Waals surface area contributed by atoms with E-state index in [1.807, 2.05) is 6.92 Å². The Morgan fingerprint density at radius 1 is 1.57 bits per heavy atom. The zero-order valence-electron chi connectivity index (χ0n) is 7.72. The van der Waals surface area contributed by atoms with Crippen LogP contribution in [-0.4, -0.2) is 19.0 Å². The maximum absolute atomic E-state index is 11.6. The molecule has 0 unspecified atom stereocenters. The minimum Gasteiger partial charge on any atom is -0.374 e. The van der Waals surface area contributed by atoms with Crippen LogP contribution >= 0.6 is 27.5 Å². The van der Waals surface area contributed by atoms with Gasteiger partial charge in [0.2, 0.25) is 0 Å². The Morgan fingerprint density at radius 3 is 2.93 bits per heavy atom. The number of hydrogen-bond acceptors (Lipinski definition) is 2. The molecule has 2 nitrogen and oxygen atoms in total. The highest BCUT2D eigenvalue weighted by atomic mass is 79.9. The second kappa shape index (κ2) is 5.49. The number of carbonyl (C=O) groups is 1. The first-order chi connectivity index (χ1) is 6.65. The summed E-state index contributed by atoms with van der Waals surface area (Å²) in [4.78, 5) is 11.6. The number of rotatable bonds is 4. The summed E-state index contributed by atoms with van der Waals surface area (Å²) in [7, 11) is 0. The predicted molar refractivity (Wildman–Crippen MR) is 60.0 cm³/mol. The molecule has 14 heavy (non-hydrogen) atoms. The molecule has 1 aromatic rings. The highest BCUT2D eigenvalue weighted by molar-refractivity contribution is 9.10. The van der Waals surface area contributed by atoms with Crippen LogP contribution in [0.4, 0.5) is 0 Å². The summed E-state index contributed by atoms with van der Waals surface area (Å²) >= 11 is 9.07. The molecule has 0 saturated carbocycles. The van der Waals surface area contributed by atoms with Crippen molar-refractivity contribution < 1.29 is 9.53 Å². The smallest absolute Gasteiger partial charge is 0.189 e. The second-order valence-electron chi connectivity index (χ2n) is 2.68. The van der Waals surface area contributed by atoms with E-state index in [1.54, 1.807) is 18.2 Å². The molecule has 4 heteroatoms. The van der Waals surface area contributed by atoms with E-state index in [4.69, 9.17) is 16.3 Å². The SMILES string of the molecule is CCOCC(=O)c1cc(Cl)ccc1Br. The Labute approximate surface area is 96.3 Å². The maximum atomic E-state index is 11.6. The first-order valence-electron chi connectivity index (χ1n) is 4.21. The van der Waals surface area contributed by atoms with Gasteiger partial charge in [-0.25, -0.2) is 0 Å². The number of carbonyl (C=O) groups excluding carboxylic acids is 1. The Morgan fingerprint density at radius 2 is 2.29 bits per heavy atom. The topological polar surface area (TPSA) is 26.3 Å². The van der Waals surface area contributed by atoms with Crippen molar-refractivity contribution in [3.05, 3.63) is 33.3 Å². The number of Topliss-reactive ketones (excluding diaryl/α,β-unsaturated/α-hetero) is 1. The van der Waals surface area contributed by atoms with Crippen LogP contribution in [0.15, 0.2) is 22.7 Å². The molecule has 0 N–H and O–H groups in total. The molecule has 0 heterocycles. The molecule has 0 fully saturated rings. The minimum atomic E-state index is -0.0683. The Kier molecular flexibility index (Phi) is 4.58. The molecular formula is C10H10BrClO2. The van der Waals surface area contributed by atoms with Gasteiger partial charge in [-0.1, -0.05) is 27.5 Å². The standard InChI is InChI=1S/C10H10BrClO2/c1-2-14-6-10(13)8-5-7(12)3-4-9(8)11/h3-5H,2,6H2,1H3. The lowest BCUT2D eigenvalue weighted by Gasteiger charge is -2.04. The monoisotopic (exact) mass is 276 g/mol. The van der Waals surface area contributed by atoms with Crippen molar-refractivity contribution in [1.29, 1.82) is 0 Å². The number of ketones is 1. The van der Waals surface area contributed by atoms with E-state index >= 15 is 0 Å². The molecule has 0 bridgehead atoms. The van der Waals surface area contributed by atoms with Gasteiger partial charge >= 0.3 is 0 Å². The van der Waals surface area contributed by atoms with Crippen molar-refractivity contribution in [3.63, 3.8) is 0 Å². The van der Waals surface area contributed by atoms with E-state index in [2.05, 4.69) is 15.9 Å². The number of hydrogen-bond donors (Lipinski definition) is 0. The van der Waals surface area contributed by atoms with Gasteiger partial charge in [0.15, 0.2) is 5.78 Å². The molecule has 0 saturated heterocycles. The molecule has 1 aromatic carbocycles. The van der Waals surface area contributed by atoms with E-state index in [1.165, 1.54) is 0 Å². The molecule has 0 aliphatic carbocycles. The van der Waals surface area contributed by atoms with Gasteiger partial charge in [-0.15, -0.1) is 0 Å². The van der Waals surface area contributed by atoms with Crippen LogP contribution in [0.2, 0.25) is 5.02 Å². The third kappa shape index (κ3) is 3.08. The summed E-state index contributed by atoms with van der Waals surface area (Å²) in [6.07, 6.45) is 0. The minimum absolute atomic E-state index is 0.0683. The number of halogens is 2. The van der Waals surface area contributed by atoms with Crippen molar-refractivity contribution >= 4 is 33.3 Å². The van der Waals surface area contributed by atoms with Gasteiger partial charge in [0.05, 0.1) is 0 Å². The van der Waals surface area contributed by atoms with Gasteiger partial charge in [0.1, 0.15) is 6.61 Å². The molecule has 0 radical (unpaired) electrons. The fourth-order valence-corrected chi connectivity index (χ4v) is 1.62. The van der Waals surface area contributed by atoms with Gasteiger partial charge < -0.3 is 4.74 Å². The molecule has 76 valence electrons.